The van der Waals surface area contributed by atoms with Crippen molar-refractivity contribution in [2.24, 2.45) is 18.9 Å². The van der Waals surface area contributed by atoms with Crippen LogP contribution in [0.2, 0.25) is 0 Å². The van der Waals surface area contributed by atoms with Crippen LogP contribution in [0.5, 0.6) is 0 Å². The van der Waals surface area contributed by atoms with Crippen LogP contribution in [-0.4, -0.2) is 104 Å². The second-order valence-electron chi connectivity index (χ2n) is 19.3. The molecule has 0 bridgehead atoms. The molecule has 2 saturated heterocycles. The molecule has 0 radical (unpaired) electrons. The lowest BCUT2D eigenvalue weighted by molar-refractivity contribution is 0.0214. The first-order valence-corrected chi connectivity index (χ1v) is 21.6. The zero-order valence-corrected chi connectivity index (χ0v) is 36.7. The average molecular weight is 809 g/mol. The summed E-state index contributed by atoms with van der Waals surface area (Å²) in [6.07, 6.45) is 5.26. The Kier molecular flexibility index (Phi) is 11.8. The lowest BCUT2D eigenvalue weighted by atomic mass is 9.98. The topological polar surface area (TPSA) is 120 Å². The van der Waals surface area contributed by atoms with Gasteiger partial charge in [0, 0.05) is 115 Å². The van der Waals surface area contributed by atoms with Gasteiger partial charge in [-0.1, -0.05) is 13.8 Å². The Morgan fingerprint density at radius 2 is 1.08 bits per heavy atom. The number of carbonyl (C=O) groups excluding carboxylic acids is 4. The number of amides is 4. The minimum Gasteiger partial charge on any atom is -0.444 e. The van der Waals surface area contributed by atoms with E-state index >= 15 is 0 Å². The van der Waals surface area contributed by atoms with Gasteiger partial charge in [0.1, 0.15) is 11.2 Å². The molecule has 8 rings (SSSR count). The molecular weight excluding hydrogens is 745 g/mol. The van der Waals surface area contributed by atoms with Gasteiger partial charge in [-0.3, -0.25) is 9.59 Å². The van der Waals surface area contributed by atoms with Crippen molar-refractivity contribution in [1.82, 2.24) is 29.2 Å². The molecule has 0 atom stereocenters. The summed E-state index contributed by atoms with van der Waals surface area (Å²) in [4.78, 5) is 62.2. The summed E-state index contributed by atoms with van der Waals surface area (Å²) in [5, 5.41) is 2.10. The molecule has 6 heterocycles. The fourth-order valence-corrected chi connectivity index (χ4v) is 8.81. The third kappa shape index (κ3) is 9.42. The Balaban J connectivity index is 0.000000179. The monoisotopic (exact) mass is 808 g/mol. The highest BCUT2D eigenvalue weighted by Gasteiger charge is 2.31. The van der Waals surface area contributed by atoms with E-state index in [1.54, 1.807) is 9.80 Å². The van der Waals surface area contributed by atoms with Crippen LogP contribution >= 0.6 is 0 Å². The van der Waals surface area contributed by atoms with Crippen molar-refractivity contribution in [2.75, 3.05) is 39.3 Å². The summed E-state index contributed by atoms with van der Waals surface area (Å²) in [6, 6.07) is 11.9. The van der Waals surface area contributed by atoms with Gasteiger partial charge in [0.15, 0.2) is 0 Å². The molecule has 4 aliphatic heterocycles. The molecular formula is C47H64N6O6. The van der Waals surface area contributed by atoms with E-state index < -0.39 is 11.2 Å². The van der Waals surface area contributed by atoms with Gasteiger partial charge in [-0.2, -0.15) is 0 Å². The number of hydrogen-bond donors (Lipinski definition) is 1. The average Bonchev–Trinajstić information content (AvgIpc) is 3.70. The molecule has 4 aliphatic rings. The summed E-state index contributed by atoms with van der Waals surface area (Å²) in [7, 11) is 2.07. The number of aromatic amines is 1. The molecule has 12 heteroatoms. The molecule has 318 valence electrons. The van der Waals surface area contributed by atoms with Gasteiger partial charge < -0.3 is 38.6 Å². The van der Waals surface area contributed by atoms with Crippen molar-refractivity contribution in [3.63, 3.8) is 0 Å². The molecule has 0 unspecified atom stereocenters. The fourth-order valence-electron chi connectivity index (χ4n) is 8.81. The summed E-state index contributed by atoms with van der Waals surface area (Å²) in [6.45, 7) is 21.4. The first-order valence-electron chi connectivity index (χ1n) is 21.6. The maximum absolute atomic E-state index is 13.1. The number of nitrogens with one attached hydrogen (secondary N) is 1. The standard InChI is InChI=1S/C24H33N3O3.C23H31N3O3/c1-16-8-11-26(12-9-16)22(28)17-6-7-20-18(14-17)19-15-27(13-10-21(19)25(20)5)23(29)30-24(2,3)4;1-15-7-10-25(11-8-15)21(27)16-5-6-19-17(13-16)18-14-26(12-9-20(18)24-19)22(28)29-23(2,3)4/h6-7,14,16H,8-13,15H2,1-5H3;5-6,13,15,24H,7-12,14H2,1-4H3. The third-order valence-corrected chi connectivity index (χ3v) is 12.3. The molecule has 0 aliphatic carbocycles. The molecule has 0 spiro atoms. The van der Waals surface area contributed by atoms with E-state index in [0.29, 0.717) is 38.0 Å². The molecule has 2 aromatic carbocycles. The van der Waals surface area contributed by atoms with Crippen LogP contribution in [-0.2, 0) is 42.5 Å². The van der Waals surface area contributed by atoms with Gasteiger partial charge >= 0.3 is 12.2 Å². The number of aryl methyl sites for hydroxylation is 1. The van der Waals surface area contributed by atoms with E-state index in [1.807, 2.05) is 87.7 Å². The SMILES string of the molecule is CC1CCN(C(=O)c2ccc3[nH]c4c(c3c2)CN(C(=O)OC(C)(C)C)CC4)CC1.CC1CCN(C(=O)c2ccc3c(c2)c2c(n3C)CCN(C(=O)OC(C)(C)C)C2)CC1. The van der Waals surface area contributed by atoms with Crippen LogP contribution in [0, 0.1) is 11.8 Å². The highest BCUT2D eigenvalue weighted by atomic mass is 16.6. The number of likely N-dealkylation sites (tertiary alicyclic amines) is 2. The minimum absolute atomic E-state index is 0.105. The molecule has 4 aromatic rings. The molecule has 12 nitrogen and oxygen atoms in total. The van der Waals surface area contributed by atoms with Crippen LogP contribution < -0.4 is 0 Å². The molecule has 59 heavy (non-hydrogen) atoms. The summed E-state index contributed by atoms with van der Waals surface area (Å²) in [5.41, 5.74) is 7.18. The van der Waals surface area contributed by atoms with Crippen LogP contribution in [0.25, 0.3) is 21.8 Å². The van der Waals surface area contributed by atoms with E-state index in [2.05, 4.69) is 30.4 Å². The molecule has 0 saturated carbocycles. The predicted octanol–water partition coefficient (Wildman–Crippen LogP) is 8.68. The van der Waals surface area contributed by atoms with Crippen LogP contribution in [0.1, 0.15) is 124 Å². The van der Waals surface area contributed by atoms with Gasteiger partial charge in [-0.15, -0.1) is 0 Å². The van der Waals surface area contributed by atoms with Crippen molar-refractivity contribution in [1.29, 1.82) is 0 Å². The largest absolute Gasteiger partial charge is 0.444 e. The lowest BCUT2D eigenvalue weighted by Crippen LogP contribution is -2.40. The van der Waals surface area contributed by atoms with Crippen LogP contribution in [0.4, 0.5) is 9.59 Å². The number of rotatable bonds is 2. The Bertz CT molecular complexity index is 2220. The van der Waals surface area contributed by atoms with E-state index in [9.17, 15) is 19.2 Å². The maximum atomic E-state index is 13.1. The number of ether oxygens (including phenoxy) is 2. The zero-order valence-electron chi connectivity index (χ0n) is 36.7. The summed E-state index contributed by atoms with van der Waals surface area (Å²) >= 11 is 0. The molecule has 4 amide bonds. The van der Waals surface area contributed by atoms with Gasteiger partial charge in [-0.05, 0) is 115 Å². The second-order valence-corrected chi connectivity index (χ2v) is 19.3. The van der Waals surface area contributed by atoms with Gasteiger partial charge in [0.25, 0.3) is 11.8 Å². The molecule has 1 N–H and O–H groups in total. The maximum Gasteiger partial charge on any atom is 0.410 e. The minimum atomic E-state index is -0.512. The van der Waals surface area contributed by atoms with Crippen molar-refractivity contribution in [2.45, 2.75) is 118 Å². The van der Waals surface area contributed by atoms with Gasteiger partial charge in [-0.25, -0.2) is 9.59 Å². The van der Waals surface area contributed by atoms with Crippen molar-refractivity contribution in [3.8, 4) is 0 Å². The first kappa shape index (κ1) is 42.1. The fraction of sp³-hybridized carbons (Fsp3) is 0.574. The quantitative estimate of drug-likeness (QED) is 0.217. The van der Waals surface area contributed by atoms with Crippen LogP contribution in [0.15, 0.2) is 36.4 Å². The van der Waals surface area contributed by atoms with Crippen molar-refractivity contribution in [3.05, 3.63) is 70.0 Å². The Labute approximate surface area is 349 Å². The number of carbonyl (C=O) groups is 4. The van der Waals surface area contributed by atoms with E-state index in [0.717, 1.165) is 114 Å². The van der Waals surface area contributed by atoms with E-state index in [1.165, 1.54) is 5.69 Å². The Morgan fingerprint density at radius 3 is 1.61 bits per heavy atom. The third-order valence-electron chi connectivity index (χ3n) is 12.3. The van der Waals surface area contributed by atoms with Crippen molar-refractivity contribution < 1.29 is 28.7 Å². The highest BCUT2D eigenvalue weighted by Crippen LogP contribution is 2.33. The smallest absolute Gasteiger partial charge is 0.410 e. The zero-order chi connectivity index (χ0) is 42.4. The number of piperidine rings is 2. The number of H-pyrrole nitrogens is 1. The van der Waals surface area contributed by atoms with Gasteiger partial charge in [0.2, 0.25) is 0 Å². The lowest BCUT2D eigenvalue weighted by Gasteiger charge is -2.31. The molecule has 2 fully saturated rings. The second kappa shape index (κ2) is 16.6. The first-order chi connectivity index (χ1) is 27.8. The molecule has 2 aromatic heterocycles. The van der Waals surface area contributed by atoms with Crippen molar-refractivity contribution >= 4 is 45.8 Å². The van der Waals surface area contributed by atoms with E-state index in [-0.39, 0.29) is 24.0 Å². The number of nitrogens with zero attached hydrogens (tertiary/aromatic N) is 5. The number of aromatic nitrogens is 2. The summed E-state index contributed by atoms with van der Waals surface area (Å²) in [5.74, 6) is 1.60. The number of fused-ring (bicyclic) bond motifs is 6. The Hall–Kier alpha value is -5.00. The predicted molar refractivity (Wildman–Crippen MR) is 231 cm³/mol. The van der Waals surface area contributed by atoms with E-state index in [4.69, 9.17) is 9.47 Å². The van der Waals surface area contributed by atoms with Crippen LogP contribution in [0.3, 0.4) is 0 Å². The Morgan fingerprint density at radius 1 is 0.610 bits per heavy atom. The normalized spacial score (nSPS) is 18.0. The summed E-state index contributed by atoms with van der Waals surface area (Å²) < 4.78 is 13.3. The highest BCUT2D eigenvalue weighted by molar-refractivity contribution is 6.00. The number of hydrogen-bond acceptors (Lipinski definition) is 6. The number of benzene rings is 2. The van der Waals surface area contributed by atoms with Gasteiger partial charge in [0.05, 0.1) is 13.1 Å².